The number of amides is 3. The van der Waals surface area contributed by atoms with Crippen LogP contribution in [0, 0.1) is 29.8 Å². The van der Waals surface area contributed by atoms with Crippen molar-refractivity contribution < 1.29 is 23.6 Å². The number of nitro benzene ring substituents is 1. The van der Waals surface area contributed by atoms with Crippen molar-refractivity contribution >= 4 is 23.7 Å². The molecule has 0 aliphatic carbocycles. The fourth-order valence-corrected chi connectivity index (χ4v) is 3.91. The molecule has 0 radical (unpaired) electrons. The van der Waals surface area contributed by atoms with Crippen molar-refractivity contribution in [1.82, 2.24) is 14.8 Å². The third-order valence-corrected chi connectivity index (χ3v) is 5.60. The zero-order chi connectivity index (χ0) is 24.6. The lowest BCUT2D eigenvalue weighted by Crippen LogP contribution is -2.30. The fraction of sp³-hybridized carbons (Fsp3) is 0.167. The highest BCUT2D eigenvalue weighted by Crippen LogP contribution is 2.32. The van der Waals surface area contributed by atoms with Crippen molar-refractivity contribution in [3.8, 4) is 11.4 Å². The number of aromatic nitrogens is 1. The smallest absolute Gasteiger partial charge is 0.329 e. The lowest BCUT2D eigenvalue weighted by molar-refractivity contribution is -0.384. The third-order valence-electron chi connectivity index (χ3n) is 5.60. The van der Waals surface area contributed by atoms with Gasteiger partial charge in [0.2, 0.25) is 0 Å². The van der Waals surface area contributed by atoms with Gasteiger partial charge in [-0.1, -0.05) is 12.1 Å². The number of benzene rings is 2. The highest BCUT2D eigenvalue weighted by molar-refractivity contribution is 6.14. The van der Waals surface area contributed by atoms with Crippen molar-refractivity contribution in [1.29, 1.82) is 0 Å². The highest BCUT2D eigenvalue weighted by Gasteiger charge is 2.33. The molecule has 10 heteroatoms. The number of urea groups is 1. The van der Waals surface area contributed by atoms with E-state index in [2.05, 4.69) is 5.32 Å². The molecule has 1 aliphatic rings. The number of hydrogen-bond donors (Lipinski definition) is 1. The van der Waals surface area contributed by atoms with E-state index in [4.69, 9.17) is 4.74 Å². The Morgan fingerprint density at radius 2 is 1.82 bits per heavy atom. The number of hydrogen-bond acceptors (Lipinski definition) is 5. The second-order valence-electron chi connectivity index (χ2n) is 7.78. The van der Waals surface area contributed by atoms with Gasteiger partial charge < -0.3 is 14.6 Å². The van der Waals surface area contributed by atoms with Crippen LogP contribution < -0.4 is 10.1 Å². The highest BCUT2D eigenvalue weighted by atomic mass is 19.1. The molecule has 1 aliphatic heterocycles. The van der Waals surface area contributed by atoms with Crippen LogP contribution in [0.25, 0.3) is 11.8 Å². The molecule has 0 spiro atoms. The standard InChI is InChI=1S/C24H21FN4O5/c1-14-10-17(15(2)28(14)21-12-19(29(32)33)8-9-22(21)34-3)11-20-23(30)27(24(31)26-20)13-16-4-6-18(25)7-5-16/h4-12H,13H2,1-3H3,(H,26,31). The summed E-state index contributed by atoms with van der Waals surface area (Å²) in [6.45, 7) is 3.63. The van der Waals surface area contributed by atoms with E-state index in [1.54, 1.807) is 17.6 Å². The second-order valence-corrected chi connectivity index (χ2v) is 7.78. The number of nitrogens with one attached hydrogen (secondary N) is 1. The van der Waals surface area contributed by atoms with Crippen LogP contribution in [0.15, 0.2) is 54.2 Å². The van der Waals surface area contributed by atoms with Crippen LogP contribution in [0.2, 0.25) is 0 Å². The minimum absolute atomic E-state index is 0.00614. The number of nitro groups is 1. The van der Waals surface area contributed by atoms with Crippen LogP contribution in [0.5, 0.6) is 5.75 Å². The zero-order valence-electron chi connectivity index (χ0n) is 18.7. The number of ether oxygens (including phenoxy) is 1. The average molecular weight is 464 g/mol. The molecule has 4 rings (SSSR count). The van der Waals surface area contributed by atoms with Gasteiger partial charge in [-0.05, 0) is 55.3 Å². The summed E-state index contributed by atoms with van der Waals surface area (Å²) in [5.74, 6) is -0.466. The van der Waals surface area contributed by atoms with E-state index >= 15 is 0 Å². The first-order valence-corrected chi connectivity index (χ1v) is 10.3. The Balaban J connectivity index is 1.68. The van der Waals surface area contributed by atoms with Gasteiger partial charge in [0.05, 0.1) is 24.3 Å². The van der Waals surface area contributed by atoms with Crippen LogP contribution in [0.3, 0.4) is 0 Å². The van der Waals surface area contributed by atoms with E-state index in [1.165, 1.54) is 49.6 Å². The van der Waals surface area contributed by atoms with Crippen LogP contribution in [0.1, 0.15) is 22.5 Å². The molecule has 3 amide bonds. The first-order chi connectivity index (χ1) is 16.2. The normalized spacial score (nSPS) is 14.6. The molecule has 1 fully saturated rings. The molecule has 0 bridgehead atoms. The number of halogens is 1. The molecule has 2 aromatic carbocycles. The maximum Gasteiger partial charge on any atom is 0.329 e. The van der Waals surface area contributed by atoms with Gasteiger partial charge >= 0.3 is 6.03 Å². The Morgan fingerprint density at radius 3 is 2.47 bits per heavy atom. The zero-order valence-corrected chi connectivity index (χ0v) is 18.7. The van der Waals surface area contributed by atoms with E-state index < -0.39 is 22.7 Å². The Hall–Kier alpha value is -4.47. The quantitative estimate of drug-likeness (QED) is 0.254. The summed E-state index contributed by atoms with van der Waals surface area (Å²) in [5.41, 5.74) is 3.21. The molecule has 1 aromatic heterocycles. The van der Waals surface area contributed by atoms with Crippen molar-refractivity contribution in [2.45, 2.75) is 20.4 Å². The summed E-state index contributed by atoms with van der Waals surface area (Å²) in [6, 6.07) is 11.1. The van der Waals surface area contributed by atoms with E-state index in [0.717, 1.165) is 10.6 Å². The predicted octanol–water partition coefficient (Wildman–Crippen LogP) is 4.24. The van der Waals surface area contributed by atoms with Crippen LogP contribution in [-0.4, -0.2) is 33.4 Å². The summed E-state index contributed by atoms with van der Waals surface area (Å²) < 4.78 is 20.3. The van der Waals surface area contributed by atoms with Crippen molar-refractivity contribution in [2.24, 2.45) is 0 Å². The van der Waals surface area contributed by atoms with Gasteiger partial charge in [0.1, 0.15) is 17.3 Å². The third kappa shape index (κ3) is 4.13. The lowest BCUT2D eigenvalue weighted by atomic mass is 10.2. The topological polar surface area (TPSA) is 107 Å². The van der Waals surface area contributed by atoms with Gasteiger partial charge in [0.25, 0.3) is 11.6 Å². The Bertz CT molecular complexity index is 1340. The fourth-order valence-electron chi connectivity index (χ4n) is 3.91. The van der Waals surface area contributed by atoms with Crippen molar-refractivity contribution in [3.63, 3.8) is 0 Å². The van der Waals surface area contributed by atoms with Crippen LogP contribution in [0.4, 0.5) is 14.9 Å². The maximum absolute atomic E-state index is 13.2. The molecule has 2 heterocycles. The average Bonchev–Trinajstić information content (AvgIpc) is 3.23. The number of carbonyl (C=O) groups excluding carboxylic acids is 2. The number of imide groups is 1. The first kappa shape index (κ1) is 22.7. The minimum atomic E-state index is -0.574. The summed E-state index contributed by atoms with van der Waals surface area (Å²) in [6.07, 6.45) is 1.56. The molecule has 0 atom stereocenters. The maximum atomic E-state index is 13.2. The first-order valence-electron chi connectivity index (χ1n) is 10.3. The number of nitrogens with zero attached hydrogens (tertiary/aromatic N) is 3. The number of methoxy groups -OCH3 is 1. The van der Waals surface area contributed by atoms with E-state index in [-0.39, 0.29) is 17.9 Å². The van der Waals surface area contributed by atoms with E-state index in [9.17, 15) is 24.1 Å². The molecule has 9 nitrogen and oxygen atoms in total. The van der Waals surface area contributed by atoms with Crippen molar-refractivity contribution in [2.75, 3.05) is 7.11 Å². The second kappa shape index (κ2) is 8.81. The van der Waals surface area contributed by atoms with Gasteiger partial charge in [-0.25, -0.2) is 9.18 Å². The largest absolute Gasteiger partial charge is 0.495 e. The number of carbonyl (C=O) groups is 2. The SMILES string of the molecule is COc1ccc([N+](=O)[O-])cc1-n1c(C)cc(C=C2NC(=O)N(Cc3ccc(F)cc3)C2=O)c1C. The molecule has 1 saturated heterocycles. The van der Waals surface area contributed by atoms with Crippen molar-refractivity contribution in [3.05, 3.63) is 92.7 Å². The summed E-state index contributed by atoms with van der Waals surface area (Å²) in [7, 11) is 1.48. The van der Waals surface area contributed by atoms with Gasteiger partial charge in [-0.15, -0.1) is 0 Å². The summed E-state index contributed by atoms with van der Waals surface area (Å²) >= 11 is 0. The summed E-state index contributed by atoms with van der Waals surface area (Å²) in [4.78, 5) is 37.1. The predicted molar refractivity (Wildman–Crippen MR) is 122 cm³/mol. The summed E-state index contributed by atoms with van der Waals surface area (Å²) in [5, 5.41) is 13.9. The monoisotopic (exact) mass is 464 g/mol. The Morgan fingerprint density at radius 1 is 1.12 bits per heavy atom. The molecule has 0 saturated carbocycles. The molecular weight excluding hydrogens is 443 g/mol. The molecule has 1 N–H and O–H groups in total. The Labute approximate surface area is 194 Å². The van der Waals surface area contributed by atoms with Crippen LogP contribution >= 0.6 is 0 Å². The Kier molecular flexibility index (Phi) is 5.89. The van der Waals surface area contributed by atoms with Gasteiger partial charge in [-0.3, -0.25) is 19.8 Å². The molecule has 174 valence electrons. The molecule has 34 heavy (non-hydrogen) atoms. The van der Waals surface area contributed by atoms with Gasteiger partial charge in [-0.2, -0.15) is 0 Å². The number of non-ortho nitro benzene ring substituents is 1. The number of rotatable bonds is 6. The van der Waals surface area contributed by atoms with E-state index in [0.29, 0.717) is 28.3 Å². The lowest BCUT2D eigenvalue weighted by Gasteiger charge is -2.14. The number of aryl methyl sites for hydroxylation is 1. The molecule has 0 unspecified atom stereocenters. The van der Waals surface area contributed by atoms with E-state index in [1.807, 2.05) is 13.0 Å². The van der Waals surface area contributed by atoms with Crippen LogP contribution in [-0.2, 0) is 11.3 Å². The van der Waals surface area contributed by atoms with Gasteiger partial charge in [0.15, 0.2) is 0 Å². The molecular formula is C24H21FN4O5. The minimum Gasteiger partial charge on any atom is -0.495 e. The molecule has 3 aromatic rings. The van der Waals surface area contributed by atoms with Gasteiger partial charge in [0, 0.05) is 23.5 Å².